The quantitative estimate of drug-likeness (QED) is 0.251. The van der Waals surface area contributed by atoms with Crippen molar-refractivity contribution in [3.05, 3.63) is 36.7 Å². The van der Waals surface area contributed by atoms with E-state index in [0.29, 0.717) is 0 Å². The first-order valence-electron chi connectivity index (χ1n) is 9.57. The highest BCUT2D eigenvalue weighted by Gasteiger charge is 2.02. The molecule has 1 aromatic rings. The van der Waals surface area contributed by atoms with Gasteiger partial charge >= 0.3 is 0 Å². The number of pyridine rings is 1. The molecule has 0 saturated carbocycles. The van der Waals surface area contributed by atoms with Crippen molar-refractivity contribution in [3.8, 4) is 0 Å². The Morgan fingerprint density at radius 2 is 1.39 bits per heavy atom. The van der Waals surface area contributed by atoms with E-state index < -0.39 is 0 Å². The molecule has 1 heterocycles. The monoisotopic (exact) mass is 316 g/mol. The van der Waals surface area contributed by atoms with Crippen LogP contribution in [0.15, 0.2) is 24.5 Å². The molecule has 0 aromatic carbocycles. The van der Waals surface area contributed by atoms with Gasteiger partial charge in [-0.3, -0.25) is 0 Å². The number of aryl methyl sites for hydroxylation is 2. The van der Waals surface area contributed by atoms with Gasteiger partial charge in [-0.2, -0.15) is 0 Å². The van der Waals surface area contributed by atoms with Crippen molar-refractivity contribution in [2.45, 2.75) is 97.4 Å². The highest BCUT2D eigenvalue weighted by atomic mass is 14.9. The number of unbranched alkanes of at least 4 members (excludes halogenated alkanes) is 9. The van der Waals surface area contributed by atoms with E-state index in [1.54, 1.807) is 0 Å². The Bertz CT molecular complexity index is 384. The van der Waals surface area contributed by atoms with Crippen molar-refractivity contribution < 1.29 is 4.57 Å². The summed E-state index contributed by atoms with van der Waals surface area (Å²) in [7, 11) is 0. The van der Waals surface area contributed by atoms with Gasteiger partial charge in [-0.15, -0.1) is 0 Å². The Morgan fingerprint density at radius 1 is 0.826 bits per heavy atom. The normalized spacial score (nSPS) is 10.1. The molecule has 23 heavy (non-hydrogen) atoms. The van der Waals surface area contributed by atoms with Crippen LogP contribution in [-0.4, -0.2) is 0 Å². The third-order valence-electron chi connectivity index (χ3n) is 4.26. The second-order valence-electron chi connectivity index (χ2n) is 6.38. The molecule has 0 N–H and O–H groups in total. The minimum absolute atomic E-state index is 1.19. The minimum Gasteiger partial charge on any atom is -0.512 e. The summed E-state index contributed by atoms with van der Waals surface area (Å²) in [5.74, 6) is 0. The summed E-state index contributed by atoms with van der Waals surface area (Å²) in [6.45, 7) is 10.5. The second-order valence-corrected chi connectivity index (χ2v) is 6.38. The minimum atomic E-state index is 1.19. The first-order chi connectivity index (χ1) is 11.4. The van der Waals surface area contributed by atoms with Gasteiger partial charge in [-0.25, -0.2) is 4.57 Å². The molecule has 1 aromatic heterocycles. The van der Waals surface area contributed by atoms with Crippen LogP contribution >= 0.6 is 0 Å². The summed E-state index contributed by atoms with van der Waals surface area (Å²) >= 11 is 0. The van der Waals surface area contributed by atoms with Gasteiger partial charge in [0.1, 0.15) is 6.54 Å². The summed E-state index contributed by atoms with van der Waals surface area (Å²) in [5.41, 5.74) is 1.50. The molecule has 0 spiro atoms. The Balaban J connectivity index is 0.00000232. The molecule has 0 atom stereocenters. The number of hydrogen-bond donors (Lipinski definition) is 0. The summed E-state index contributed by atoms with van der Waals surface area (Å²) in [4.78, 5) is 0. The van der Waals surface area contributed by atoms with Crippen molar-refractivity contribution in [1.29, 1.82) is 5.26 Å². The maximum Gasteiger partial charge on any atom is 0.171 e. The Morgan fingerprint density at radius 3 is 2.00 bits per heavy atom. The lowest BCUT2D eigenvalue weighted by atomic mass is 10.1. The SMILES string of the molecule is CCCCCCCCCCC[n+]1cccc(CCCC)c1.[C-]#N. The first kappa shape index (κ1) is 21.6. The molecule has 0 aliphatic carbocycles. The lowest BCUT2D eigenvalue weighted by molar-refractivity contribution is -0.697. The highest BCUT2D eigenvalue weighted by Crippen LogP contribution is 2.09. The van der Waals surface area contributed by atoms with Gasteiger partial charge in [0, 0.05) is 18.1 Å². The molecule has 0 aliphatic rings. The maximum absolute atomic E-state index is 6.25. The zero-order valence-electron chi connectivity index (χ0n) is 15.4. The van der Waals surface area contributed by atoms with Crippen LogP contribution in [0.2, 0.25) is 0 Å². The van der Waals surface area contributed by atoms with Crippen LogP contribution in [0.4, 0.5) is 0 Å². The fraction of sp³-hybridized carbons (Fsp3) is 0.714. The van der Waals surface area contributed by atoms with Crippen LogP contribution in [0.1, 0.15) is 90.0 Å². The van der Waals surface area contributed by atoms with Crippen LogP contribution in [-0.2, 0) is 13.0 Å². The zero-order valence-corrected chi connectivity index (χ0v) is 15.4. The molecule has 0 bridgehead atoms. The van der Waals surface area contributed by atoms with E-state index in [2.05, 4.69) is 42.9 Å². The molecular weight excluding hydrogens is 280 g/mol. The lowest BCUT2D eigenvalue weighted by Crippen LogP contribution is -2.33. The standard InChI is InChI=1S/C20H36N.CN/c1-3-5-7-8-9-10-11-12-13-17-21-18-14-16-20(19-21)15-6-4-2;1-2/h14,16,18-19H,3-13,15,17H2,1-2H3;/q+1;-1. The van der Waals surface area contributed by atoms with E-state index >= 15 is 0 Å². The molecule has 2 heteroatoms. The van der Waals surface area contributed by atoms with E-state index in [1.807, 2.05) is 0 Å². The predicted octanol–water partition coefficient (Wildman–Crippen LogP) is 5.94. The number of nitrogens with zero attached hydrogens (tertiary/aromatic N) is 2. The molecule has 0 radical (unpaired) electrons. The predicted molar refractivity (Wildman–Crippen MR) is 97.4 cm³/mol. The van der Waals surface area contributed by atoms with E-state index in [-0.39, 0.29) is 0 Å². The van der Waals surface area contributed by atoms with Crippen LogP contribution in [0, 0.1) is 11.8 Å². The van der Waals surface area contributed by atoms with Gasteiger partial charge in [0.15, 0.2) is 12.4 Å². The Hall–Kier alpha value is -1.36. The lowest BCUT2D eigenvalue weighted by Gasteiger charge is -2.02. The fourth-order valence-corrected chi connectivity index (χ4v) is 2.85. The van der Waals surface area contributed by atoms with Crippen molar-refractivity contribution in [3.63, 3.8) is 0 Å². The van der Waals surface area contributed by atoms with Crippen molar-refractivity contribution in [2.75, 3.05) is 0 Å². The van der Waals surface area contributed by atoms with Gasteiger partial charge in [-0.05, 0) is 25.3 Å². The molecule has 130 valence electrons. The molecule has 0 aliphatic heterocycles. The van der Waals surface area contributed by atoms with Gasteiger partial charge in [0.2, 0.25) is 0 Å². The topological polar surface area (TPSA) is 27.7 Å². The Kier molecular flexibility index (Phi) is 16.0. The van der Waals surface area contributed by atoms with Gasteiger partial charge < -0.3 is 11.8 Å². The average molecular weight is 317 g/mol. The number of rotatable bonds is 13. The largest absolute Gasteiger partial charge is 0.512 e. The smallest absolute Gasteiger partial charge is 0.171 e. The molecule has 0 unspecified atom stereocenters. The van der Waals surface area contributed by atoms with Gasteiger partial charge in [-0.1, -0.05) is 65.2 Å². The van der Waals surface area contributed by atoms with Crippen molar-refractivity contribution in [2.24, 2.45) is 0 Å². The van der Waals surface area contributed by atoms with Crippen molar-refractivity contribution >= 4 is 0 Å². The summed E-state index contributed by atoms with van der Waals surface area (Å²) in [6.07, 6.45) is 21.1. The fourth-order valence-electron chi connectivity index (χ4n) is 2.85. The molecule has 1 rings (SSSR count). The first-order valence-corrected chi connectivity index (χ1v) is 9.57. The van der Waals surface area contributed by atoms with E-state index in [0.717, 1.165) is 0 Å². The van der Waals surface area contributed by atoms with Crippen LogP contribution in [0.3, 0.4) is 0 Å². The Labute approximate surface area is 144 Å². The molecule has 0 amide bonds. The van der Waals surface area contributed by atoms with E-state index in [9.17, 15) is 0 Å². The molecule has 0 fully saturated rings. The van der Waals surface area contributed by atoms with Crippen LogP contribution < -0.4 is 4.57 Å². The average Bonchev–Trinajstić information content (AvgIpc) is 2.60. The zero-order chi connectivity index (χ0) is 17.2. The second kappa shape index (κ2) is 17.0. The maximum atomic E-state index is 6.25. The number of hydrogen-bond acceptors (Lipinski definition) is 1. The van der Waals surface area contributed by atoms with E-state index in [4.69, 9.17) is 11.8 Å². The summed E-state index contributed by atoms with van der Waals surface area (Å²) in [5, 5.41) is 6.25. The third-order valence-corrected chi connectivity index (χ3v) is 4.26. The molecular formula is C21H36N2. The molecule has 0 saturated heterocycles. The van der Waals surface area contributed by atoms with E-state index in [1.165, 1.54) is 89.2 Å². The number of aromatic nitrogens is 1. The van der Waals surface area contributed by atoms with Crippen molar-refractivity contribution in [1.82, 2.24) is 0 Å². The summed E-state index contributed by atoms with van der Waals surface area (Å²) < 4.78 is 2.38. The molecule has 2 nitrogen and oxygen atoms in total. The highest BCUT2D eigenvalue weighted by molar-refractivity contribution is 5.05. The van der Waals surface area contributed by atoms with Crippen LogP contribution in [0.5, 0.6) is 0 Å². The van der Waals surface area contributed by atoms with Gasteiger partial charge in [0.25, 0.3) is 0 Å². The van der Waals surface area contributed by atoms with Gasteiger partial charge in [0.05, 0.1) is 0 Å². The third kappa shape index (κ3) is 12.8. The summed E-state index contributed by atoms with van der Waals surface area (Å²) in [6, 6.07) is 4.47. The van der Waals surface area contributed by atoms with Crippen LogP contribution in [0.25, 0.3) is 0 Å².